The molecule has 0 saturated carbocycles. The number of fused-ring (bicyclic) bond motifs is 10. The minimum Gasteiger partial charge on any atom is -0.494 e. The highest BCUT2D eigenvalue weighted by Crippen LogP contribution is 2.47. The highest BCUT2D eigenvalue weighted by molar-refractivity contribution is 6.44. The summed E-state index contributed by atoms with van der Waals surface area (Å²) in [6.07, 6.45) is 7.71. The third-order valence-electron chi connectivity index (χ3n) is 11.4. The van der Waals surface area contributed by atoms with Crippen molar-refractivity contribution in [1.82, 2.24) is 19.1 Å². The van der Waals surface area contributed by atoms with E-state index >= 15 is 0 Å². The zero-order valence-electron chi connectivity index (χ0n) is 29.4. The molecule has 4 aromatic heterocycles. The Morgan fingerprint density at radius 3 is 1.88 bits per heavy atom. The maximum atomic E-state index is 15.0. The van der Waals surface area contributed by atoms with E-state index in [1.165, 1.54) is 9.13 Å². The quantitative estimate of drug-likeness (QED) is 0.126. The van der Waals surface area contributed by atoms with E-state index in [9.17, 15) is 19.5 Å². The van der Waals surface area contributed by atoms with Crippen molar-refractivity contribution in [3.63, 3.8) is 0 Å². The van der Waals surface area contributed by atoms with Gasteiger partial charge in [-0.25, -0.2) is 4.98 Å². The largest absolute Gasteiger partial charge is 0.494 e. The van der Waals surface area contributed by atoms with Crippen LogP contribution in [0.5, 0.6) is 5.88 Å². The van der Waals surface area contributed by atoms with Crippen molar-refractivity contribution in [2.75, 3.05) is 0 Å². The molecule has 0 spiro atoms. The Hall–Kier alpha value is -4.98. The van der Waals surface area contributed by atoms with Crippen LogP contribution in [-0.2, 0) is 13.1 Å². The summed E-state index contributed by atoms with van der Waals surface area (Å²) in [5.74, 6) is 0.189. The Kier molecular flexibility index (Phi) is 8.00. The van der Waals surface area contributed by atoms with Crippen LogP contribution in [0.25, 0.3) is 75.9 Å². The first-order chi connectivity index (χ1) is 24.3. The van der Waals surface area contributed by atoms with Crippen LogP contribution < -0.4 is 16.7 Å². The molecule has 50 heavy (non-hydrogen) atoms. The van der Waals surface area contributed by atoms with E-state index in [4.69, 9.17) is 4.98 Å². The molecule has 8 rings (SSSR count). The van der Waals surface area contributed by atoms with Crippen molar-refractivity contribution < 1.29 is 5.11 Å². The van der Waals surface area contributed by atoms with Crippen molar-refractivity contribution in [3.05, 3.63) is 79.6 Å². The first-order valence-electron chi connectivity index (χ1n) is 18.5. The average Bonchev–Trinajstić information content (AvgIpc) is 3.70. The minimum absolute atomic E-state index is 0.158. The number of rotatable bonds is 12. The summed E-state index contributed by atoms with van der Waals surface area (Å²) in [5.41, 5.74) is 1.48. The predicted octanol–water partition coefficient (Wildman–Crippen LogP) is 9.18. The molecule has 0 aliphatic rings. The van der Waals surface area contributed by atoms with Crippen LogP contribution in [-0.4, -0.2) is 24.2 Å². The van der Waals surface area contributed by atoms with Crippen LogP contribution >= 0.6 is 0 Å². The van der Waals surface area contributed by atoms with Gasteiger partial charge >= 0.3 is 0 Å². The number of H-pyrrole nitrogens is 1. The van der Waals surface area contributed by atoms with Crippen LogP contribution in [0.3, 0.4) is 0 Å². The maximum absolute atomic E-state index is 15.0. The number of aromatic amines is 1. The van der Waals surface area contributed by atoms with Gasteiger partial charge in [0.05, 0.1) is 38.1 Å². The smallest absolute Gasteiger partial charge is 0.263 e. The van der Waals surface area contributed by atoms with E-state index in [-0.39, 0.29) is 34.4 Å². The SMILES string of the molecule is CCCCC(CC)Cn1c(O)c2c3nc4ccccc4c3c3c(=O)n(CC(CC)CCCC)c(=O)c4c5[nH]c6ccccc6c5c(c1=O)c2c43. The van der Waals surface area contributed by atoms with E-state index in [1.807, 2.05) is 48.5 Å². The van der Waals surface area contributed by atoms with Gasteiger partial charge in [-0.05, 0) is 36.8 Å². The molecule has 0 radical (unpaired) electrons. The van der Waals surface area contributed by atoms with Gasteiger partial charge in [0, 0.05) is 50.9 Å². The summed E-state index contributed by atoms with van der Waals surface area (Å²) in [7, 11) is 0. The number of pyridine rings is 2. The summed E-state index contributed by atoms with van der Waals surface area (Å²) in [6, 6.07) is 15.5. The molecule has 0 aliphatic carbocycles. The molecule has 4 heterocycles. The third-order valence-corrected chi connectivity index (χ3v) is 11.4. The third kappa shape index (κ3) is 4.56. The molecular formula is C42H44N4O4. The molecular weight excluding hydrogens is 624 g/mol. The molecule has 256 valence electrons. The van der Waals surface area contributed by atoms with Gasteiger partial charge in [-0.3, -0.25) is 23.5 Å². The lowest BCUT2D eigenvalue weighted by Gasteiger charge is -2.22. The lowest BCUT2D eigenvalue weighted by Crippen LogP contribution is -2.36. The Labute approximate surface area is 289 Å². The number of nitrogens with zero attached hydrogens (tertiary/aromatic N) is 3. The van der Waals surface area contributed by atoms with Crippen molar-refractivity contribution in [2.45, 2.75) is 92.2 Å². The Morgan fingerprint density at radius 1 is 0.640 bits per heavy atom. The van der Waals surface area contributed by atoms with Crippen molar-refractivity contribution in [1.29, 1.82) is 0 Å². The number of nitrogens with one attached hydrogen (secondary N) is 1. The summed E-state index contributed by atoms with van der Waals surface area (Å²) in [5, 5.41) is 17.7. The van der Waals surface area contributed by atoms with E-state index in [0.29, 0.717) is 72.7 Å². The molecule has 4 aromatic carbocycles. The fraction of sp³-hybridized carbons (Fsp3) is 0.381. The number of hydrogen-bond donors (Lipinski definition) is 2. The van der Waals surface area contributed by atoms with Crippen molar-refractivity contribution >= 4 is 75.9 Å². The highest BCUT2D eigenvalue weighted by atomic mass is 16.3. The summed E-state index contributed by atoms with van der Waals surface area (Å²) in [6.45, 7) is 9.22. The fourth-order valence-corrected chi connectivity index (χ4v) is 8.63. The second-order valence-corrected chi connectivity index (χ2v) is 14.3. The minimum atomic E-state index is -0.367. The first kappa shape index (κ1) is 32.2. The Bertz CT molecular complexity index is 2760. The standard InChI is InChI=1S/C42H44N4O4/c1-5-9-15-23(7-3)21-45-39(47)33-29-25-17-11-13-19-27(25)44-38(29)36-32-31(33)35(41(45)49)37-30(26-18-12-14-20-28(26)43-37)34(32)40(48)46(42(36)50)22-24(8-4)16-10-6-2/h11-14,17-20,23-24,43,50H,5-10,15-16,21-22H2,1-4H3. The molecule has 8 aromatic rings. The van der Waals surface area contributed by atoms with Crippen LogP contribution in [0.4, 0.5) is 0 Å². The lowest BCUT2D eigenvalue weighted by atomic mass is 9.89. The summed E-state index contributed by atoms with van der Waals surface area (Å²) in [4.78, 5) is 53.4. The summed E-state index contributed by atoms with van der Waals surface area (Å²) < 4.78 is 2.97. The van der Waals surface area contributed by atoms with Crippen LogP contribution in [0.15, 0.2) is 62.9 Å². The van der Waals surface area contributed by atoms with Gasteiger partial charge in [0.1, 0.15) is 0 Å². The molecule has 2 N–H and O–H groups in total. The zero-order valence-corrected chi connectivity index (χ0v) is 29.4. The summed E-state index contributed by atoms with van der Waals surface area (Å²) >= 11 is 0. The Balaban J connectivity index is 1.65. The number of hydrogen-bond acceptors (Lipinski definition) is 5. The molecule has 0 saturated heterocycles. The molecule has 8 nitrogen and oxygen atoms in total. The van der Waals surface area contributed by atoms with Gasteiger partial charge in [-0.1, -0.05) is 103 Å². The van der Waals surface area contributed by atoms with Gasteiger partial charge in [0.25, 0.3) is 16.7 Å². The van der Waals surface area contributed by atoms with Gasteiger partial charge in [0.15, 0.2) is 0 Å². The molecule has 0 aliphatic heterocycles. The number of unbranched alkanes of at least 4 members (excludes halogenated alkanes) is 2. The van der Waals surface area contributed by atoms with Crippen LogP contribution in [0, 0.1) is 11.8 Å². The molecule has 0 fully saturated rings. The van der Waals surface area contributed by atoms with E-state index in [1.54, 1.807) is 0 Å². The maximum Gasteiger partial charge on any atom is 0.263 e. The second-order valence-electron chi connectivity index (χ2n) is 14.3. The monoisotopic (exact) mass is 668 g/mol. The number of para-hydroxylation sites is 2. The Morgan fingerprint density at radius 2 is 1.20 bits per heavy atom. The van der Waals surface area contributed by atoms with Gasteiger partial charge in [-0.15, -0.1) is 0 Å². The van der Waals surface area contributed by atoms with Crippen LogP contribution in [0.1, 0.15) is 79.1 Å². The van der Waals surface area contributed by atoms with Crippen molar-refractivity contribution in [3.8, 4) is 5.88 Å². The number of benzene rings is 4. The number of aromatic nitrogens is 4. The van der Waals surface area contributed by atoms with E-state index in [2.05, 4.69) is 32.7 Å². The first-order valence-corrected chi connectivity index (χ1v) is 18.5. The number of aromatic hydroxyl groups is 1. The second kappa shape index (κ2) is 12.4. The van der Waals surface area contributed by atoms with Gasteiger partial charge in [-0.2, -0.15) is 0 Å². The molecule has 8 heteroatoms. The lowest BCUT2D eigenvalue weighted by molar-refractivity contribution is 0.345. The zero-order chi connectivity index (χ0) is 34.8. The molecule has 0 bridgehead atoms. The normalized spacial score (nSPS) is 13.8. The molecule has 2 atom stereocenters. The van der Waals surface area contributed by atoms with Gasteiger partial charge in [0.2, 0.25) is 5.88 Å². The fourth-order valence-electron chi connectivity index (χ4n) is 8.63. The highest BCUT2D eigenvalue weighted by Gasteiger charge is 2.31. The van der Waals surface area contributed by atoms with E-state index < -0.39 is 0 Å². The predicted molar refractivity (Wildman–Crippen MR) is 207 cm³/mol. The average molecular weight is 669 g/mol. The topological polar surface area (TPSA) is 110 Å². The molecule has 0 amide bonds. The molecule has 2 unspecified atom stereocenters. The van der Waals surface area contributed by atoms with Crippen LogP contribution in [0.2, 0.25) is 0 Å². The van der Waals surface area contributed by atoms with Crippen molar-refractivity contribution in [2.24, 2.45) is 11.8 Å². The van der Waals surface area contributed by atoms with E-state index in [0.717, 1.165) is 67.7 Å². The van der Waals surface area contributed by atoms with Gasteiger partial charge < -0.3 is 10.1 Å².